The average Bonchev–Trinajstić information content (AvgIpc) is 3.00. The maximum Gasteiger partial charge on any atom is 0.435 e. The van der Waals surface area contributed by atoms with Crippen molar-refractivity contribution in [2.24, 2.45) is 5.92 Å². The third-order valence-corrected chi connectivity index (χ3v) is 4.28. The highest BCUT2D eigenvalue weighted by atomic mass is 19.4. The first-order chi connectivity index (χ1) is 13.9. The molecule has 0 aliphatic carbocycles. The second kappa shape index (κ2) is 9.40. The van der Waals surface area contributed by atoms with Crippen molar-refractivity contribution in [1.29, 1.82) is 0 Å². The second-order valence-electron chi connectivity index (χ2n) is 8.17. The van der Waals surface area contributed by atoms with Gasteiger partial charge in [-0.25, -0.2) is 9.48 Å². The molecular formula is C21H30F3N5O. The third kappa shape index (κ3) is 5.67. The average molecular weight is 425 g/mol. The van der Waals surface area contributed by atoms with Gasteiger partial charge >= 0.3 is 12.2 Å². The van der Waals surface area contributed by atoms with Gasteiger partial charge in [0.25, 0.3) is 0 Å². The van der Waals surface area contributed by atoms with E-state index in [4.69, 9.17) is 0 Å². The Morgan fingerprint density at radius 2 is 1.73 bits per heavy atom. The fourth-order valence-corrected chi connectivity index (χ4v) is 3.21. The Hall–Kier alpha value is -2.71. The molecule has 1 N–H and O–H groups in total. The van der Waals surface area contributed by atoms with Gasteiger partial charge < -0.3 is 15.1 Å². The van der Waals surface area contributed by atoms with Crippen LogP contribution in [-0.4, -0.2) is 47.4 Å². The third-order valence-electron chi connectivity index (χ3n) is 4.28. The van der Waals surface area contributed by atoms with E-state index in [0.29, 0.717) is 18.1 Å². The van der Waals surface area contributed by atoms with E-state index in [0.717, 1.165) is 0 Å². The lowest BCUT2D eigenvalue weighted by atomic mass is 10.1. The minimum Gasteiger partial charge on any atom is -0.362 e. The lowest BCUT2D eigenvalue weighted by Gasteiger charge is -2.27. The molecule has 2 amide bonds. The first-order valence-electron chi connectivity index (χ1n) is 9.89. The van der Waals surface area contributed by atoms with Crippen molar-refractivity contribution < 1.29 is 18.0 Å². The number of nitrogens with zero attached hydrogens (tertiary/aromatic N) is 4. The number of rotatable bonds is 7. The van der Waals surface area contributed by atoms with Gasteiger partial charge in [-0.15, -0.1) is 0 Å². The van der Waals surface area contributed by atoms with Gasteiger partial charge in [0.1, 0.15) is 5.82 Å². The van der Waals surface area contributed by atoms with Crippen LogP contribution in [0.25, 0.3) is 5.69 Å². The number of carbonyl (C=O) groups is 1. The molecular weight excluding hydrogens is 395 g/mol. The van der Waals surface area contributed by atoms with Gasteiger partial charge in [-0.1, -0.05) is 32.0 Å². The van der Waals surface area contributed by atoms with Crippen LogP contribution in [0, 0.1) is 5.92 Å². The molecule has 0 atom stereocenters. The highest BCUT2D eigenvalue weighted by Gasteiger charge is 2.40. The zero-order chi connectivity index (χ0) is 22.6. The molecule has 0 bridgehead atoms. The van der Waals surface area contributed by atoms with Crippen LogP contribution in [0.2, 0.25) is 0 Å². The van der Waals surface area contributed by atoms with E-state index < -0.39 is 17.9 Å². The van der Waals surface area contributed by atoms with Gasteiger partial charge in [0.2, 0.25) is 0 Å². The number of hydrogen-bond donors (Lipinski definition) is 1. The number of carbonyl (C=O) groups excluding carboxylic acids is 1. The van der Waals surface area contributed by atoms with Gasteiger partial charge in [0.05, 0.1) is 12.2 Å². The molecule has 0 unspecified atom stereocenters. The van der Waals surface area contributed by atoms with Crippen molar-refractivity contribution >= 4 is 11.8 Å². The summed E-state index contributed by atoms with van der Waals surface area (Å²) in [5.74, 6) is 0.379. The van der Waals surface area contributed by atoms with E-state index in [9.17, 15) is 18.0 Å². The number of halogens is 3. The number of para-hydroxylation sites is 1. The summed E-state index contributed by atoms with van der Waals surface area (Å²) in [4.78, 5) is 15.7. The number of alkyl halides is 3. The predicted molar refractivity (Wildman–Crippen MR) is 112 cm³/mol. The van der Waals surface area contributed by atoms with Crippen molar-refractivity contribution in [3.05, 3.63) is 41.6 Å². The Morgan fingerprint density at radius 3 is 2.20 bits per heavy atom. The summed E-state index contributed by atoms with van der Waals surface area (Å²) in [6.07, 6.45) is -4.65. The molecule has 0 saturated carbocycles. The summed E-state index contributed by atoms with van der Waals surface area (Å²) < 4.78 is 43.1. The molecule has 1 aromatic heterocycles. The topological polar surface area (TPSA) is 53.4 Å². The van der Waals surface area contributed by atoms with Crippen LogP contribution in [0.3, 0.4) is 0 Å². The van der Waals surface area contributed by atoms with E-state index in [1.165, 1.54) is 9.58 Å². The number of aromatic nitrogens is 2. The maximum atomic E-state index is 13.9. The molecule has 1 heterocycles. The number of anilines is 1. The number of amides is 2. The van der Waals surface area contributed by atoms with Crippen molar-refractivity contribution in [3.63, 3.8) is 0 Å². The highest BCUT2D eigenvalue weighted by molar-refractivity contribution is 5.75. The molecule has 166 valence electrons. The van der Waals surface area contributed by atoms with Gasteiger partial charge in [-0.05, 0) is 31.9 Å². The molecule has 2 rings (SSSR count). The lowest BCUT2D eigenvalue weighted by Crippen LogP contribution is -2.44. The van der Waals surface area contributed by atoms with Crippen LogP contribution in [0.4, 0.5) is 23.8 Å². The van der Waals surface area contributed by atoms with Crippen molar-refractivity contribution in [3.8, 4) is 5.69 Å². The second-order valence-corrected chi connectivity index (χ2v) is 8.17. The first kappa shape index (κ1) is 23.6. The molecule has 2 aromatic rings. The Balaban J connectivity index is 2.63. The zero-order valence-electron chi connectivity index (χ0n) is 18.3. The van der Waals surface area contributed by atoms with Gasteiger partial charge in [-0.3, -0.25) is 0 Å². The summed E-state index contributed by atoms with van der Waals surface area (Å²) >= 11 is 0. The summed E-state index contributed by atoms with van der Waals surface area (Å²) in [5.41, 5.74) is -0.503. The van der Waals surface area contributed by atoms with Gasteiger partial charge in [0.15, 0.2) is 5.69 Å². The van der Waals surface area contributed by atoms with E-state index in [-0.39, 0.29) is 24.1 Å². The van der Waals surface area contributed by atoms with Crippen LogP contribution in [0.15, 0.2) is 30.3 Å². The monoisotopic (exact) mass is 425 g/mol. The van der Waals surface area contributed by atoms with Crippen molar-refractivity contribution in [2.45, 2.75) is 46.5 Å². The van der Waals surface area contributed by atoms with Crippen molar-refractivity contribution in [2.75, 3.05) is 25.5 Å². The standard InChI is InChI=1S/C21H30F3N5O/c1-14(2)12-28(20(30)25-15(3)4)13-17-18(21(22,23)24)26-29(19(17)27(5)6)16-10-8-7-9-11-16/h7-11,14-15H,12-13H2,1-6H3,(H,25,30). The number of urea groups is 1. The normalized spacial score (nSPS) is 11.8. The van der Waals surface area contributed by atoms with Crippen LogP contribution < -0.4 is 10.2 Å². The quantitative estimate of drug-likeness (QED) is 0.709. The van der Waals surface area contributed by atoms with E-state index in [1.54, 1.807) is 49.3 Å². The van der Waals surface area contributed by atoms with Crippen LogP contribution >= 0.6 is 0 Å². The van der Waals surface area contributed by atoms with Crippen LogP contribution in [0.1, 0.15) is 39.0 Å². The fourth-order valence-electron chi connectivity index (χ4n) is 3.21. The molecule has 0 aliphatic heterocycles. The number of benzene rings is 1. The Labute approximate surface area is 175 Å². The summed E-state index contributed by atoms with van der Waals surface area (Å²) in [5, 5.41) is 6.70. The highest BCUT2D eigenvalue weighted by Crippen LogP contribution is 2.37. The minimum atomic E-state index is -4.65. The minimum absolute atomic E-state index is 0.0316. The Kier molecular flexibility index (Phi) is 7.39. The van der Waals surface area contributed by atoms with Gasteiger partial charge in [-0.2, -0.15) is 18.3 Å². The molecule has 0 radical (unpaired) electrons. The van der Waals surface area contributed by atoms with E-state index in [1.807, 2.05) is 27.7 Å². The van der Waals surface area contributed by atoms with Crippen molar-refractivity contribution in [1.82, 2.24) is 20.0 Å². The smallest absolute Gasteiger partial charge is 0.362 e. The molecule has 0 spiro atoms. The zero-order valence-corrected chi connectivity index (χ0v) is 18.3. The molecule has 6 nitrogen and oxygen atoms in total. The molecule has 9 heteroatoms. The Morgan fingerprint density at radius 1 is 1.13 bits per heavy atom. The molecule has 0 aliphatic rings. The summed E-state index contributed by atoms with van der Waals surface area (Å²) in [6, 6.07) is 8.13. The fraction of sp³-hybridized carbons (Fsp3) is 0.524. The molecule has 0 fully saturated rings. The first-order valence-corrected chi connectivity index (χ1v) is 9.89. The van der Waals surface area contributed by atoms with E-state index in [2.05, 4.69) is 10.4 Å². The largest absolute Gasteiger partial charge is 0.435 e. The van der Waals surface area contributed by atoms with Gasteiger partial charge in [0, 0.05) is 32.2 Å². The number of hydrogen-bond acceptors (Lipinski definition) is 3. The predicted octanol–water partition coefficient (Wildman–Crippen LogP) is 4.53. The van der Waals surface area contributed by atoms with E-state index >= 15 is 0 Å². The summed E-state index contributed by atoms with van der Waals surface area (Å²) in [6.45, 7) is 7.57. The number of nitrogens with one attached hydrogen (secondary N) is 1. The molecule has 1 aromatic carbocycles. The maximum absolute atomic E-state index is 13.9. The molecule has 30 heavy (non-hydrogen) atoms. The summed E-state index contributed by atoms with van der Waals surface area (Å²) in [7, 11) is 3.34. The SMILES string of the molecule is CC(C)CN(Cc1c(C(F)(F)F)nn(-c2ccccc2)c1N(C)C)C(=O)NC(C)C. The molecule has 0 saturated heterocycles. The lowest BCUT2D eigenvalue weighted by molar-refractivity contribution is -0.142. The Bertz CT molecular complexity index is 844. The van der Waals surface area contributed by atoms with Crippen LogP contribution in [0.5, 0.6) is 0 Å². The van der Waals surface area contributed by atoms with Crippen LogP contribution in [-0.2, 0) is 12.7 Å².